The highest BCUT2D eigenvalue weighted by Gasteiger charge is 2.48. The lowest BCUT2D eigenvalue weighted by molar-refractivity contribution is -0.162. The molecule has 1 aliphatic carbocycles. The summed E-state index contributed by atoms with van der Waals surface area (Å²) in [6, 6.07) is 9.58. The Morgan fingerprint density at radius 3 is 2.58 bits per heavy atom. The zero-order valence-electron chi connectivity index (χ0n) is 11.0. The molecule has 0 heterocycles. The number of halogens is 1. The van der Waals surface area contributed by atoms with Crippen LogP contribution in [0.1, 0.15) is 25.3 Å². The molecule has 2 N–H and O–H groups in total. The SMILES string of the molecule is CCOC1CC(N)(C(=O)OCc2ccccc2)C1.Cl. The van der Waals surface area contributed by atoms with E-state index in [0.717, 1.165) is 5.56 Å². The third-order valence-electron chi connectivity index (χ3n) is 3.21. The molecule has 0 bridgehead atoms. The molecule has 0 atom stereocenters. The van der Waals surface area contributed by atoms with E-state index in [1.54, 1.807) is 0 Å². The molecule has 1 aromatic rings. The van der Waals surface area contributed by atoms with E-state index in [4.69, 9.17) is 15.2 Å². The van der Waals surface area contributed by atoms with Gasteiger partial charge in [0.1, 0.15) is 12.1 Å². The van der Waals surface area contributed by atoms with Gasteiger partial charge in [-0.15, -0.1) is 12.4 Å². The van der Waals surface area contributed by atoms with Crippen molar-refractivity contribution in [3.8, 4) is 0 Å². The number of ether oxygens (including phenoxy) is 2. The molecule has 0 unspecified atom stereocenters. The fourth-order valence-corrected chi connectivity index (χ4v) is 2.14. The lowest BCUT2D eigenvalue weighted by Gasteiger charge is -2.41. The summed E-state index contributed by atoms with van der Waals surface area (Å²) in [5.74, 6) is -0.331. The Bertz CT molecular complexity index is 404. The molecule has 1 fully saturated rings. The Morgan fingerprint density at radius 1 is 1.37 bits per heavy atom. The van der Waals surface area contributed by atoms with E-state index >= 15 is 0 Å². The van der Waals surface area contributed by atoms with Crippen LogP contribution in [0, 0.1) is 0 Å². The predicted octanol–water partition coefficient (Wildman–Crippen LogP) is 2.05. The standard InChI is InChI=1S/C14H19NO3.ClH/c1-2-17-12-8-14(15,9-12)13(16)18-10-11-6-4-3-5-7-11;/h3-7,12H,2,8-10,15H2,1H3;1H. The summed E-state index contributed by atoms with van der Waals surface area (Å²) in [5, 5.41) is 0. The normalized spacial score (nSPS) is 25.1. The van der Waals surface area contributed by atoms with E-state index in [0.29, 0.717) is 19.4 Å². The second-order valence-electron chi connectivity index (χ2n) is 4.70. The van der Waals surface area contributed by atoms with Crippen LogP contribution < -0.4 is 5.73 Å². The molecule has 0 aromatic heterocycles. The van der Waals surface area contributed by atoms with E-state index in [1.165, 1.54) is 0 Å². The minimum atomic E-state index is -0.853. The molecule has 0 spiro atoms. The zero-order chi connectivity index (χ0) is 13.0. The molecule has 0 aliphatic heterocycles. The van der Waals surface area contributed by atoms with Crippen LogP contribution in [0.15, 0.2) is 30.3 Å². The van der Waals surface area contributed by atoms with Crippen molar-refractivity contribution in [2.75, 3.05) is 6.61 Å². The van der Waals surface area contributed by atoms with Gasteiger partial charge in [0.25, 0.3) is 0 Å². The third kappa shape index (κ3) is 3.93. The maximum absolute atomic E-state index is 11.9. The Kier molecular flexibility index (Phi) is 5.79. The number of esters is 1. The van der Waals surface area contributed by atoms with Gasteiger partial charge in [0, 0.05) is 19.4 Å². The monoisotopic (exact) mass is 285 g/mol. The lowest BCUT2D eigenvalue weighted by atomic mass is 9.75. The number of nitrogens with two attached hydrogens (primary N) is 1. The van der Waals surface area contributed by atoms with Gasteiger partial charge in [-0.3, -0.25) is 4.79 Å². The first-order chi connectivity index (χ1) is 8.64. The number of carbonyl (C=O) groups is 1. The largest absolute Gasteiger partial charge is 0.459 e. The summed E-state index contributed by atoms with van der Waals surface area (Å²) in [6.45, 7) is 2.86. The first-order valence-electron chi connectivity index (χ1n) is 6.25. The highest BCUT2D eigenvalue weighted by Crippen LogP contribution is 2.33. The average Bonchev–Trinajstić information content (AvgIpc) is 2.35. The zero-order valence-corrected chi connectivity index (χ0v) is 11.8. The van der Waals surface area contributed by atoms with Crippen LogP contribution in [0.4, 0.5) is 0 Å². The van der Waals surface area contributed by atoms with Crippen molar-refractivity contribution in [3.63, 3.8) is 0 Å². The topological polar surface area (TPSA) is 61.5 Å². The van der Waals surface area contributed by atoms with Gasteiger partial charge >= 0.3 is 5.97 Å². The van der Waals surface area contributed by atoms with Gasteiger partial charge in [0.2, 0.25) is 0 Å². The summed E-state index contributed by atoms with van der Waals surface area (Å²) >= 11 is 0. The van der Waals surface area contributed by atoms with Crippen LogP contribution >= 0.6 is 12.4 Å². The Hall–Kier alpha value is -1.10. The van der Waals surface area contributed by atoms with Crippen LogP contribution in [0.2, 0.25) is 0 Å². The number of rotatable bonds is 5. The van der Waals surface area contributed by atoms with E-state index < -0.39 is 5.54 Å². The minimum Gasteiger partial charge on any atom is -0.459 e. The molecule has 5 heteroatoms. The van der Waals surface area contributed by atoms with Crippen LogP contribution in [0.25, 0.3) is 0 Å². The van der Waals surface area contributed by atoms with Crippen molar-refractivity contribution < 1.29 is 14.3 Å². The number of carbonyl (C=O) groups excluding carboxylic acids is 1. The first kappa shape index (κ1) is 16.0. The van der Waals surface area contributed by atoms with Gasteiger partial charge in [-0.05, 0) is 12.5 Å². The maximum Gasteiger partial charge on any atom is 0.326 e. The van der Waals surface area contributed by atoms with Crippen molar-refractivity contribution in [3.05, 3.63) is 35.9 Å². The van der Waals surface area contributed by atoms with Crippen molar-refractivity contribution in [1.82, 2.24) is 0 Å². The van der Waals surface area contributed by atoms with Crippen molar-refractivity contribution in [2.24, 2.45) is 5.73 Å². The summed E-state index contributed by atoms with van der Waals surface area (Å²) in [7, 11) is 0. The molecule has 1 aromatic carbocycles. The van der Waals surface area contributed by atoms with Crippen LogP contribution in [-0.4, -0.2) is 24.2 Å². The van der Waals surface area contributed by atoms with Crippen molar-refractivity contribution in [1.29, 1.82) is 0 Å². The Balaban J connectivity index is 0.00000180. The number of hydrogen-bond acceptors (Lipinski definition) is 4. The molecular weight excluding hydrogens is 266 g/mol. The predicted molar refractivity (Wildman–Crippen MR) is 75.1 cm³/mol. The van der Waals surface area contributed by atoms with Crippen molar-refractivity contribution >= 4 is 18.4 Å². The molecule has 0 saturated heterocycles. The highest BCUT2D eigenvalue weighted by atomic mass is 35.5. The molecule has 0 radical (unpaired) electrons. The quantitative estimate of drug-likeness (QED) is 0.841. The maximum atomic E-state index is 11.9. The third-order valence-corrected chi connectivity index (χ3v) is 3.21. The van der Waals surface area contributed by atoms with Crippen LogP contribution in [0.3, 0.4) is 0 Å². The highest BCUT2D eigenvalue weighted by molar-refractivity contribution is 5.85. The van der Waals surface area contributed by atoms with Crippen LogP contribution in [-0.2, 0) is 20.9 Å². The minimum absolute atomic E-state index is 0. The first-order valence-corrected chi connectivity index (χ1v) is 6.25. The fourth-order valence-electron chi connectivity index (χ4n) is 2.14. The van der Waals surface area contributed by atoms with Gasteiger partial charge in [-0.2, -0.15) is 0 Å². The fraction of sp³-hybridized carbons (Fsp3) is 0.500. The summed E-state index contributed by atoms with van der Waals surface area (Å²) in [4.78, 5) is 11.9. The second kappa shape index (κ2) is 6.89. The average molecular weight is 286 g/mol. The van der Waals surface area contributed by atoms with E-state index in [2.05, 4.69) is 0 Å². The molecule has 19 heavy (non-hydrogen) atoms. The van der Waals surface area contributed by atoms with Gasteiger partial charge in [0.15, 0.2) is 0 Å². The van der Waals surface area contributed by atoms with Crippen LogP contribution in [0.5, 0.6) is 0 Å². The van der Waals surface area contributed by atoms with Gasteiger partial charge in [-0.1, -0.05) is 30.3 Å². The van der Waals surface area contributed by atoms with E-state index in [9.17, 15) is 4.79 Å². The van der Waals surface area contributed by atoms with E-state index in [-0.39, 0.29) is 31.1 Å². The Labute approximate surface area is 119 Å². The molecular formula is C14H20ClNO3. The molecule has 1 saturated carbocycles. The molecule has 0 amide bonds. The number of hydrogen-bond donors (Lipinski definition) is 1. The summed E-state index contributed by atoms with van der Waals surface area (Å²) < 4.78 is 10.6. The van der Waals surface area contributed by atoms with Crippen molar-refractivity contribution in [2.45, 2.75) is 38.0 Å². The molecule has 1 aliphatic rings. The summed E-state index contributed by atoms with van der Waals surface area (Å²) in [5.41, 5.74) is 6.09. The Morgan fingerprint density at radius 2 is 2.00 bits per heavy atom. The van der Waals surface area contributed by atoms with Gasteiger partial charge < -0.3 is 15.2 Å². The number of benzene rings is 1. The smallest absolute Gasteiger partial charge is 0.326 e. The molecule has 106 valence electrons. The van der Waals surface area contributed by atoms with Gasteiger partial charge in [-0.25, -0.2) is 0 Å². The lowest BCUT2D eigenvalue weighted by Crippen LogP contribution is -2.61. The molecule has 2 rings (SSSR count). The second-order valence-corrected chi connectivity index (χ2v) is 4.70. The summed E-state index contributed by atoms with van der Waals surface area (Å²) in [6.07, 6.45) is 1.20. The van der Waals surface area contributed by atoms with E-state index in [1.807, 2.05) is 37.3 Å². The molecule has 4 nitrogen and oxygen atoms in total. The van der Waals surface area contributed by atoms with Gasteiger partial charge in [0.05, 0.1) is 6.10 Å².